The molecule has 378 valence electrons. The van der Waals surface area contributed by atoms with E-state index < -0.39 is 68.8 Å². The van der Waals surface area contributed by atoms with Crippen LogP contribution in [-0.4, -0.2) is 126 Å². The number of rotatable bonds is 14. The number of carbonyl (C=O) groups is 4. The highest BCUT2D eigenvalue weighted by atomic mass is 32.2. The van der Waals surface area contributed by atoms with Crippen molar-refractivity contribution >= 4 is 61.1 Å². The summed E-state index contributed by atoms with van der Waals surface area (Å²) < 4.78 is 41.0. The van der Waals surface area contributed by atoms with Crippen molar-refractivity contribution in [3.63, 3.8) is 0 Å². The number of urea groups is 1. The lowest BCUT2D eigenvalue weighted by Gasteiger charge is -2.35. The second kappa shape index (κ2) is 23.6. The summed E-state index contributed by atoms with van der Waals surface area (Å²) in [6.45, 7) is 18.1. The lowest BCUT2D eigenvalue weighted by atomic mass is 9.86. The second-order valence-corrected chi connectivity index (χ2v) is 23.1. The number of hydrogen-bond acceptors (Lipinski definition) is 12. The molecule has 0 bridgehead atoms. The van der Waals surface area contributed by atoms with Gasteiger partial charge in [0.05, 0.1) is 30.1 Å². The van der Waals surface area contributed by atoms with Crippen molar-refractivity contribution in [2.75, 3.05) is 38.6 Å². The number of ether oxygens (including phenoxy) is 2. The number of pyridine rings is 1. The number of benzene rings is 1. The predicted molar refractivity (Wildman–Crippen MR) is 272 cm³/mol. The van der Waals surface area contributed by atoms with Crippen LogP contribution in [0.2, 0.25) is 0 Å². The Balaban J connectivity index is 1.32. The Morgan fingerprint density at radius 2 is 1.78 bits per heavy atom. The average molecular weight is 992 g/mol. The number of nitrogens with zero attached hydrogens (tertiary/aromatic N) is 4. The zero-order chi connectivity index (χ0) is 50.0. The van der Waals surface area contributed by atoms with Gasteiger partial charge in [0.15, 0.2) is 5.13 Å². The fourth-order valence-corrected chi connectivity index (χ4v) is 12.1. The average Bonchev–Trinajstić information content (AvgIpc) is 4.01. The van der Waals surface area contributed by atoms with Crippen molar-refractivity contribution in [1.29, 1.82) is 0 Å². The van der Waals surface area contributed by atoms with Gasteiger partial charge < -0.3 is 41.0 Å². The number of carbonyl (C=O) groups excluding carboxylic acids is 4. The molecule has 6 rings (SSSR count). The third-order valence-electron chi connectivity index (χ3n) is 13.0. The van der Waals surface area contributed by atoms with E-state index in [1.807, 2.05) is 84.2 Å². The lowest BCUT2D eigenvalue weighted by molar-refractivity contribution is -0.141. The van der Waals surface area contributed by atoms with Gasteiger partial charge in [-0.2, -0.15) is 4.31 Å². The molecule has 17 nitrogen and oxygen atoms in total. The van der Waals surface area contributed by atoms with E-state index in [4.69, 9.17) is 19.4 Å². The number of methoxy groups -OCH3 is 1. The number of anilines is 1. The number of amides is 5. The van der Waals surface area contributed by atoms with Crippen LogP contribution in [0.4, 0.5) is 9.93 Å². The van der Waals surface area contributed by atoms with Crippen LogP contribution in [0.1, 0.15) is 106 Å². The monoisotopic (exact) mass is 992 g/mol. The van der Waals surface area contributed by atoms with E-state index in [1.54, 1.807) is 13.2 Å². The first-order valence-electron chi connectivity index (χ1n) is 24.4. The maximum atomic E-state index is 15.1. The third kappa shape index (κ3) is 13.7. The molecule has 19 heteroatoms. The highest BCUT2D eigenvalue weighted by Gasteiger charge is 2.45. The maximum Gasteiger partial charge on any atom is 0.315 e. The van der Waals surface area contributed by atoms with Crippen molar-refractivity contribution in [3.8, 4) is 22.9 Å². The maximum absolute atomic E-state index is 15.1. The van der Waals surface area contributed by atoms with Crippen LogP contribution < -0.4 is 36.1 Å². The van der Waals surface area contributed by atoms with Gasteiger partial charge in [-0.05, 0) is 75.8 Å². The number of nitrogens with one attached hydrogen (secondary N) is 5. The summed E-state index contributed by atoms with van der Waals surface area (Å²) in [4.78, 5) is 68.6. The summed E-state index contributed by atoms with van der Waals surface area (Å²) in [5, 5.41) is 18.0. The van der Waals surface area contributed by atoms with Crippen LogP contribution in [0.3, 0.4) is 0 Å². The Morgan fingerprint density at radius 3 is 2.48 bits per heavy atom. The molecule has 5 N–H and O–H groups in total. The normalized spacial score (nSPS) is 23.3. The van der Waals surface area contributed by atoms with Gasteiger partial charge >= 0.3 is 6.03 Å². The largest absolute Gasteiger partial charge is 0.497 e. The summed E-state index contributed by atoms with van der Waals surface area (Å²) in [7, 11) is -2.00. The molecule has 2 fully saturated rings. The summed E-state index contributed by atoms with van der Waals surface area (Å²) in [6, 6.07) is 3.24. The molecule has 5 heterocycles. The second-order valence-electron chi connectivity index (χ2n) is 20.1. The van der Waals surface area contributed by atoms with Crippen molar-refractivity contribution in [3.05, 3.63) is 54.5 Å². The minimum atomic E-state index is -3.58. The van der Waals surface area contributed by atoms with E-state index in [-0.39, 0.29) is 50.3 Å². The first kappa shape index (κ1) is 53.1. The number of sulfonamides is 1. The van der Waals surface area contributed by atoms with Crippen LogP contribution in [0.5, 0.6) is 11.5 Å². The van der Waals surface area contributed by atoms with E-state index in [2.05, 4.69) is 39.2 Å². The van der Waals surface area contributed by atoms with Crippen molar-refractivity contribution < 1.29 is 37.1 Å². The molecule has 1 unspecified atom stereocenters. The smallest absolute Gasteiger partial charge is 0.315 e. The highest BCUT2D eigenvalue weighted by molar-refractivity contribution is 7.90. The standard InChI is InChI=1S/C50H73N9O8S2/c1-10-23-51-45(60)36-18-16-14-12-11-13-15-17-19-37(55-48(63)57-44(50(6,7)8)29-58-24-22-43(31(2)3)69(58,64)65)47(62)59-28-34(26-41(59)46(61)54-36)67-42-27-39(40-30-68-49(56-40)52-32(4)5)53-38-25-33(66-9)20-21-35(38)42/h10,12,14,20-21,25,27,30-32,34,36-37,41,43-44H,1,11,13,15-19,22-24,26,28-29H2,2-9H3,(H,51,60)(H,52,56)(H,54,61)(H2,55,57,63)/t34-,36+,37+,41+,43?,44-/m1/s1. The fraction of sp³-hybridized carbons (Fsp3) is 0.600. The summed E-state index contributed by atoms with van der Waals surface area (Å²) in [6.07, 6.45) is 9.78. The molecule has 1 aromatic carbocycles. The summed E-state index contributed by atoms with van der Waals surface area (Å²) >= 11 is 1.46. The summed E-state index contributed by atoms with van der Waals surface area (Å²) in [5.74, 6) is -0.342. The molecule has 2 saturated heterocycles. The molecule has 0 aliphatic carbocycles. The Hall–Kier alpha value is -5.27. The fourth-order valence-electron chi connectivity index (χ4n) is 9.08. The zero-order valence-electron chi connectivity index (χ0n) is 41.5. The molecular formula is C50H73N9O8S2. The molecule has 0 saturated carbocycles. The Kier molecular flexibility index (Phi) is 18.1. The highest BCUT2D eigenvalue weighted by Crippen LogP contribution is 2.36. The van der Waals surface area contributed by atoms with Crippen LogP contribution in [-0.2, 0) is 24.4 Å². The first-order valence-corrected chi connectivity index (χ1v) is 26.8. The van der Waals surface area contributed by atoms with Crippen LogP contribution in [0.15, 0.2) is 54.5 Å². The zero-order valence-corrected chi connectivity index (χ0v) is 43.1. The van der Waals surface area contributed by atoms with E-state index in [0.29, 0.717) is 66.0 Å². The minimum absolute atomic E-state index is 0.00427. The molecule has 2 aromatic heterocycles. The van der Waals surface area contributed by atoms with Crippen LogP contribution in [0, 0.1) is 11.3 Å². The van der Waals surface area contributed by atoms with Gasteiger partial charge in [0.2, 0.25) is 27.7 Å². The molecule has 0 radical (unpaired) electrons. The number of aromatic nitrogens is 2. The Morgan fingerprint density at radius 1 is 1.01 bits per heavy atom. The third-order valence-corrected chi connectivity index (χ3v) is 16.4. The van der Waals surface area contributed by atoms with E-state index in [1.165, 1.54) is 20.5 Å². The van der Waals surface area contributed by atoms with E-state index in [9.17, 15) is 22.8 Å². The minimum Gasteiger partial charge on any atom is -0.497 e. The van der Waals surface area contributed by atoms with E-state index in [0.717, 1.165) is 24.4 Å². The molecule has 5 amide bonds. The Bertz CT molecular complexity index is 2430. The number of fused-ring (bicyclic) bond motifs is 2. The number of thiazole rings is 1. The summed E-state index contributed by atoms with van der Waals surface area (Å²) in [5.41, 5.74) is 1.25. The molecule has 3 aliphatic rings. The van der Waals surface area contributed by atoms with Gasteiger partial charge in [0, 0.05) is 61.0 Å². The molecule has 0 spiro atoms. The quantitative estimate of drug-likeness (QED) is 0.106. The molecular weight excluding hydrogens is 919 g/mol. The molecule has 6 atom stereocenters. The number of allylic oxidation sites excluding steroid dienone is 2. The lowest BCUT2D eigenvalue weighted by Crippen LogP contribution is -2.59. The number of hydrogen-bond donors (Lipinski definition) is 5. The van der Waals surface area contributed by atoms with Crippen LogP contribution >= 0.6 is 11.3 Å². The Labute approximate surface area is 412 Å². The first-order chi connectivity index (χ1) is 32.8. The topological polar surface area (TPSA) is 213 Å². The van der Waals surface area contributed by atoms with Gasteiger partial charge in [-0.3, -0.25) is 14.4 Å². The van der Waals surface area contributed by atoms with Crippen molar-refractivity contribution in [1.82, 2.24) is 40.4 Å². The van der Waals surface area contributed by atoms with Gasteiger partial charge in [0.25, 0.3) is 0 Å². The predicted octanol–water partition coefficient (Wildman–Crippen LogP) is 6.77. The van der Waals surface area contributed by atoms with Crippen molar-refractivity contribution in [2.45, 2.75) is 148 Å². The molecule has 69 heavy (non-hydrogen) atoms. The SMILES string of the molecule is C=CCNC(=O)[C@@H]1CCC=CCCCCC[C@H](NC(=O)N[C@H](CN2CCC(C(C)C)S2(=O)=O)C(C)(C)C)C(=O)N2C[C@H](Oc3cc(-c4csc(NC(C)C)n4)nc4cc(OC)ccc34)C[C@H]2C(=O)N1. The van der Waals surface area contributed by atoms with Gasteiger partial charge in [-0.15, -0.1) is 17.9 Å². The van der Waals surface area contributed by atoms with Crippen LogP contribution in [0.25, 0.3) is 22.3 Å². The molecule has 3 aliphatic heterocycles. The molecule has 3 aromatic rings. The van der Waals surface area contributed by atoms with Gasteiger partial charge in [0.1, 0.15) is 41.4 Å². The van der Waals surface area contributed by atoms with E-state index >= 15 is 4.79 Å². The van der Waals surface area contributed by atoms with Gasteiger partial charge in [-0.1, -0.05) is 65.7 Å². The van der Waals surface area contributed by atoms with Crippen molar-refractivity contribution in [2.24, 2.45) is 11.3 Å². The van der Waals surface area contributed by atoms with Gasteiger partial charge in [-0.25, -0.2) is 23.2 Å².